The van der Waals surface area contributed by atoms with E-state index in [0.717, 1.165) is 26.0 Å². The lowest BCUT2D eigenvalue weighted by Crippen LogP contribution is -2.40. The van der Waals surface area contributed by atoms with E-state index in [1.807, 2.05) is 37.3 Å². The van der Waals surface area contributed by atoms with Gasteiger partial charge in [-0.15, -0.1) is 0 Å². The number of rotatable bonds is 6. The summed E-state index contributed by atoms with van der Waals surface area (Å²) < 4.78 is 11.1. The van der Waals surface area contributed by atoms with Gasteiger partial charge in [0.1, 0.15) is 5.82 Å². The maximum atomic E-state index is 13.0. The summed E-state index contributed by atoms with van der Waals surface area (Å²) in [5.41, 5.74) is -0.110. The molecule has 2 aromatic rings. The van der Waals surface area contributed by atoms with Crippen LogP contribution in [0.2, 0.25) is 0 Å². The Morgan fingerprint density at radius 1 is 1.30 bits per heavy atom. The van der Waals surface area contributed by atoms with Crippen molar-refractivity contribution in [1.29, 1.82) is 0 Å². The van der Waals surface area contributed by atoms with E-state index in [-0.39, 0.29) is 17.6 Å². The summed E-state index contributed by atoms with van der Waals surface area (Å²) in [6, 6.07) is 8.65. The molecule has 0 saturated carbocycles. The first-order valence-electron chi connectivity index (χ1n) is 9.58. The monoisotopic (exact) mass is 413 g/mol. The molecule has 1 aliphatic heterocycles. The third-order valence-corrected chi connectivity index (χ3v) is 5.15. The van der Waals surface area contributed by atoms with Crippen molar-refractivity contribution < 1.29 is 23.9 Å². The number of benzene rings is 1. The fraction of sp³-hybridized carbons (Fsp3) is 0.381. The molecule has 0 N–H and O–H groups in total. The zero-order valence-electron chi connectivity index (χ0n) is 17.0. The minimum Gasteiger partial charge on any atom is -0.464 e. The van der Waals surface area contributed by atoms with Crippen LogP contribution in [0.25, 0.3) is 0 Å². The van der Waals surface area contributed by atoms with E-state index >= 15 is 0 Å². The molecule has 1 aromatic carbocycles. The van der Waals surface area contributed by atoms with Crippen LogP contribution in [0, 0.1) is 0 Å². The third kappa shape index (κ3) is 3.96. The van der Waals surface area contributed by atoms with Crippen LogP contribution in [0.3, 0.4) is 0 Å². The van der Waals surface area contributed by atoms with E-state index in [1.165, 1.54) is 4.57 Å². The highest BCUT2D eigenvalue weighted by Crippen LogP contribution is 2.34. The van der Waals surface area contributed by atoms with Crippen molar-refractivity contribution in [2.45, 2.75) is 45.3 Å². The number of aromatic nitrogens is 2. The zero-order chi connectivity index (χ0) is 21.8. The van der Waals surface area contributed by atoms with Crippen molar-refractivity contribution in [3.63, 3.8) is 0 Å². The molecule has 0 radical (unpaired) electrons. The van der Waals surface area contributed by atoms with Gasteiger partial charge in [0.25, 0.3) is 5.56 Å². The second kappa shape index (κ2) is 8.89. The molecule has 0 spiro atoms. The number of ether oxygens (including phenoxy) is 2. The summed E-state index contributed by atoms with van der Waals surface area (Å²) in [5.74, 6) is -1.85. The molecular formula is C21H23N3O6. The second-order valence-electron chi connectivity index (χ2n) is 6.99. The normalized spacial score (nSPS) is 16.2. The Morgan fingerprint density at radius 3 is 2.60 bits per heavy atom. The Morgan fingerprint density at radius 2 is 2.00 bits per heavy atom. The first kappa shape index (κ1) is 21.2. The molecule has 0 bridgehead atoms. The molecule has 2 atom stereocenters. The molecular weight excluding hydrogens is 390 g/mol. The highest BCUT2D eigenvalue weighted by Gasteiger charge is 2.34. The summed E-state index contributed by atoms with van der Waals surface area (Å²) >= 11 is 0. The van der Waals surface area contributed by atoms with Gasteiger partial charge >= 0.3 is 11.9 Å². The van der Waals surface area contributed by atoms with Gasteiger partial charge in [-0.2, -0.15) is 0 Å². The maximum absolute atomic E-state index is 13.0. The third-order valence-electron chi connectivity index (χ3n) is 5.15. The van der Waals surface area contributed by atoms with Crippen molar-refractivity contribution >= 4 is 18.3 Å². The van der Waals surface area contributed by atoms with Crippen LogP contribution in [0.4, 0.5) is 0 Å². The van der Waals surface area contributed by atoms with Gasteiger partial charge in [-0.05, 0) is 25.3 Å². The van der Waals surface area contributed by atoms with Gasteiger partial charge in [-0.25, -0.2) is 9.78 Å². The van der Waals surface area contributed by atoms with E-state index < -0.39 is 29.3 Å². The molecule has 0 saturated heterocycles. The number of nitrogens with zero attached hydrogens (tertiary/aromatic N) is 3. The van der Waals surface area contributed by atoms with Gasteiger partial charge in [-0.3, -0.25) is 19.0 Å². The molecule has 9 nitrogen and oxygen atoms in total. The van der Waals surface area contributed by atoms with E-state index in [9.17, 15) is 19.2 Å². The Hall–Kier alpha value is -3.49. The van der Waals surface area contributed by atoms with Crippen molar-refractivity contribution in [3.05, 3.63) is 57.8 Å². The highest BCUT2D eigenvalue weighted by atomic mass is 16.5. The lowest BCUT2D eigenvalue weighted by Gasteiger charge is -2.37. The van der Waals surface area contributed by atoms with Gasteiger partial charge in [-0.1, -0.05) is 30.3 Å². The second-order valence-corrected chi connectivity index (χ2v) is 6.99. The number of carbonyl (C=O) groups excluding carboxylic acids is 3. The van der Waals surface area contributed by atoms with E-state index in [4.69, 9.17) is 9.47 Å². The fourth-order valence-electron chi connectivity index (χ4n) is 3.69. The average molecular weight is 413 g/mol. The van der Waals surface area contributed by atoms with Crippen LogP contribution in [-0.4, -0.2) is 39.9 Å². The van der Waals surface area contributed by atoms with Gasteiger partial charge < -0.3 is 14.4 Å². The van der Waals surface area contributed by atoms with E-state index in [2.05, 4.69) is 4.98 Å². The Bertz CT molecular complexity index is 1020. The number of fused-ring (bicyclic) bond motifs is 1. The van der Waals surface area contributed by atoms with Crippen LogP contribution >= 0.6 is 0 Å². The van der Waals surface area contributed by atoms with Crippen molar-refractivity contribution in [2.24, 2.45) is 0 Å². The Balaban J connectivity index is 2.13. The largest absolute Gasteiger partial charge is 0.464 e. The Kier molecular flexibility index (Phi) is 6.29. The number of hydrogen-bond acceptors (Lipinski definition) is 7. The lowest BCUT2D eigenvalue weighted by atomic mass is 10.00. The van der Waals surface area contributed by atoms with E-state index in [0.29, 0.717) is 19.4 Å². The molecule has 3 rings (SSSR count). The van der Waals surface area contributed by atoms with Crippen LogP contribution < -0.4 is 10.3 Å². The van der Waals surface area contributed by atoms with Gasteiger partial charge in [0.2, 0.25) is 12.2 Å². The summed E-state index contributed by atoms with van der Waals surface area (Å²) in [5, 5.41) is 0. The quantitative estimate of drug-likeness (QED) is 0.526. The average Bonchev–Trinajstić information content (AvgIpc) is 2.76. The Labute approximate surface area is 173 Å². The molecule has 0 aliphatic carbocycles. The fourth-order valence-corrected chi connectivity index (χ4v) is 3.69. The van der Waals surface area contributed by atoms with Crippen molar-refractivity contribution in [2.75, 3.05) is 7.11 Å². The molecule has 1 amide bonds. The number of esters is 2. The standard InChI is InChI=1S/C21H23N3O6/c1-13(15-8-5-4-6-9-15)24(12-25)16-10-7-11-23-19(16)22-17(21(28)29-3)18(20(23)27)30-14(2)26/h4-6,8-9,12-13,16H,7,10-11H2,1-3H3/t13-,16+/m1/s1. The molecule has 0 fully saturated rings. The minimum absolute atomic E-state index is 0.262. The minimum atomic E-state index is -0.898. The molecule has 30 heavy (non-hydrogen) atoms. The lowest BCUT2D eigenvalue weighted by molar-refractivity contribution is -0.132. The predicted molar refractivity (Wildman–Crippen MR) is 106 cm³/mol. The van der Waals surface area contributed by atoms with Crippen LogP contribution in [0.5, 0.6) is 5.75 Å². The van der Waals surface area contributed by atoms with Gasteiger partial charge in [0.05, 0.1) is 19.2 Å². The summed E-state index contributed by atoms with van der Waals surface area (Å²) in [6.45, 7) is 3.35. The van der Waals surface area contributed by atoms with Gasteiger partial charge in [0, 0.05) is 13.5 Å². The van der Waals surface area contributed by atoms with Crippen LogP contribution in [0.15, 0.2) is 35.1 Å². The number of methoxy groups -OCH3 is 1. The summed E-state index contributed by atoms with van der Waals surface area (Å²) in [7, 11) is 1.14. The summed E-state index contributed by atoms with van der Waals surface area (Å²) in [6.07, 6.45) is 1.90. The van der Waals surface area contributed by atoms with Crippen LogP contribution in [-0.2, 0) is 20.9 Å². The van der Waals surface area contributed by atoms with E-state index in [1.54, 1.807) is 4.90 Å². The number of amides is 1. The van der Waals surface area contributed by atoms with Crippen molar-refractivity contribution in [3.8, 4) is 5.75 Å². The smallest absolute Gasteiger partial charge is 0.360 e. The first-order chi connectivity index (χ1) is 14.4. The van der Waals surface area contributed by atoms with Gasteiger partial charge in [0.15, 0.2) is 5.69 Å². The molecule has 1 aromatic heterocycles. The highest BCUT2D eigenvalue weighted by molar-refractivity contribution is 5.91. The summed E-state index contributed by atoms with van der Waals surface area (Å²) in [4.78, 5) is 54.7. The number of carbonyl (C=O) groups is 3. The SMILES string of the molecule is COC(=O)c1nc2n(c(=O)c1OC(C)=O)CCC[C@@H]2N(C=O)[C@H](C)c1ccccc1. The number of hydrogen-bond donors (Lipinski definition) is 0. The van der Waals surface area contributed by atoms with Crippen molar-refractivity contribution in [1.82, 2.24) is 14.5 Å². The first-order valence-corrected chi connectivity index (χ1v) is 9.58. The predicted octanol–water partition coefficient (Wildman–Crippen LogP) is 2.01. The van der Waals surface area contributed by atoms with Crippen LogP contribution in [0.1, 0.15) is 60.6 Å². The molecule has 158 valence electrons. The molecule has 0 unspecified atom stereocenters. The topological polar surface area (TPSA) is 108 Å². The molecule has 9 heteroatoms. The molecule has 2 heterocycles. The zero-order valence-corrected chi connectivity index (χ0v) is 17.0. The molecule has 1 aliphatic rings. The maximum Gasteiger partial charge on any atom is 0.360 e.